The molecule has 84 valence electrons. The fourth-order valence-electron chi connectivity index (χ4n) is 0.889. The lowest BCUT2D eigenvalue weighted by Gasteiger charge is -2.16. The minimum Gasteiger partial charge on any atom is -0.468 e. The first kappa shape index (κ1) is 13.2. The molecule has 0 fully saturated rings. The predicted octanol–water partition coefficient (Wildman–Crippen LogP) is 0.154. The highest BCUT2D eigenvalue weighted by Gasteiger charge is 2.21. The van der Waals surface area contributed by atoms with E-state index in [2.05, 4.69) is 10.1 Å². The Hall–Kier alpha value is -0.750. The van der Waals surface area contributed by atoms with Crippen molar-refractivity contribution >= 4 is 5.97 Å². The third kappa shape index (κ3) is 4.48. The SMILES string of the molecule is CCC(NCC(O)C(F)F)C(=O)OC. The van der Waals surface area contributed by atoms with E-state index in [4.69, 9.17) is 5.11 Å². The van der Waals surface area contributed by atoms with Crippen LogP contribution < -0.4 is 5.32 Å². The van der Waals surface area contributed by atoms with E-state index in [9.17, 15) is 13.6 Å². The van der Waals surface area contributed by atoms with Crippen LogP contribution in [0.4, 0.5) is 8.78 Å². The van der Waals surface area contributed by atoms with Gasteiger partial charge in [0.15, 0.2) is 0 Å². The molecular weight excluding hydrogens is 196 g/mol. The van der Waals surface area contributed by atoms with Crippen LogP contribution >= 0.6 is 0 Å². The van der Waals surface area contributed by atoms with Gasteiger partial charge in [0.2, 0.25) is 0 Å². The summed E-state index contributed by atoms with van der Waals surface area (Å²) in [6.07, 6.45) is -4.14. The zero-order valence-corrected chi connectivity index (χ0v) is 8.17. The van der Waals surface area contributed by atoms with Crippen LogP contribution in [0.3, 0.4) is 0 Å². The summed E-state index contributed by atoms with van der Waals surface area (Å²) < 4.78 is 28.1. The van der Waals surface area contributed by atoms with Gasteiger partial charge in [0.05, 0.1) is 7.11 Å². The van der Waals surface area contributed by atoms with Gasteiger partial charge in [0, 0.05) is 6.54 Å². The number of methoxy groups -OCH3 is 1. The molecule has 14 heavy (non-hydrogen) atoms. The summed E-state index contributed by atoms with van der Waals surface area (Å²) in [7, 11) is 1.22. The first-order valence-corrected chi connectivity index (χ1v) is 4.30. The summed E-state index contributed by atoms with van der Waals surface area (Å²) >= 11 is 0. The average Bonchev–Trinajstić information content (AvgIpc) is 2.17. The fraction of sp³-hybridized carbons (Fsp3) is 0.875. The second-order valence-electron chi connectivity index (χ2n) is 2.79. The summed E-state index contributed by atoms with van der Waals surface area (Å²) in [5.41, 5.74) is 0. The lowest BCUT2D eigenvalue weighted by atomic mass is 10.2. The van der Waals surface area contributed by atoms with Gasteiger partial charge in [-0.05, 0) is 6.42 Å². The lowest BCUT2D eigenvalue weighted by molar-refractivity contribution is -0.143. The number of alkyl halides is 2. The van der Waals surface area contributed by atoms with Crippen LogP contribution in [0.5, 0.6) is 0 Å². The van der Waals surface area contributed by atoms with Gasteiger partial charge < -0.3 is 15.2 Å². The summed E-state index contributed by atoms with van der Waals surface area (Å²) in [5.74, 6) is -0.519. The zero-order chi connectivity index (χ0) is 11.1. The quantitative estimate of drug-likeness (QED) is 0.614. The molecule has 0 saturated carbocycles. The highest BCUT2D eigenvalue weighted by atomic mass is 19.3. The van der Waals surface area contributed by atoms with Gasteiger partial charge in [0.25, 0.3) is 6.43 Å². The van der Waals surface area contributed by atoms with Crippen molar-refractivity contribution in [3.05, 3.63) is 0 Å². The van der Waals surface area contributed by atoms with Gasteiger partial charge in [-0.1, -0.05) is 6.92 Å². The van der Waals surface area contributed by atoms with Crippen LogP contribution in [-0.2, 0) is 9.53 Å². The number of esters is 1. The maximum atomic E-state index is 11.9. The Morgan fingerprint density at radius 3 is 2.50 bits per heavy atom. The minimum absolute atomic E-state index is 0.328. The standard InChI is InChI=1S/C8H15F2NO3/c1-3-5(8(13)14-2)11-4-6(12)7(9)10/h5-7,11-12H,3-4H2,1-2H3. The molecule has 0 spiro atoms. The molecule has 0 aromatic heterocycles. The van der Waals surface area contributed by atoms with Crippen molar-refractivity contribution in [2.75, 3.05) is 13.7 Å². The Morgan fingerprint density at radius 1 is 1.57 bits per heavy atom. The number of halogens is 2. The number of ether oxygens (including phenoxy) is 1. The third-order valence-corrected chi connectivity index (χ3v) is 1.76. The van der Waals surface area contributed by atoms with E-state index in [1.165, 1.54) is 7.11 Å². The molecule has 0 aromatic rings. The van der Waals surface area contributed by atoms with Gasteiger partial charge in [-0.2, -0.15) is 0 Å². The molecule has 2 unspecified atom stereocenters. The Balaban J connectivity index is 3.89. The van der Waals surface area contributed by atoms with Crippen molar-refractivity contribution in [2.45, 2.75) is 31.9 Å². The van der Waals surface area contributed by atoms with Crippen LogP contribution in [0.2, 0.25) is 0 Å². The number of aliphatic hydroxyl groups is 1. The normalized spacial score (nSPS) is 15.3. The smallest absolute Gasteiger partial charge is 0.322 e. The van der Waals surface area contributed by atoms with Crippen molar-refractivity contribution in [1.82, 2.24) is 5.32 Å². The summed E-state index contributed by atoms with van der Waals surface area (Å²) in [5, 5.41) is 11.3. The number of nitrogens with one attached hydrogen (secondary N) is 1. The number of rotatable bonds is 6. The number of hydrogen-bond donors (Lipinski definition) is 2. The molecule has 4 nitrogen and oxygen atoms in total. The van der Waals surface area contributed by atoms with Crippen molar-refractivity contribution in [1.29, 1.82) is 0 Å². The lowest BCUT2D eigenvalue weighted by Crippen LogP contribution is -2.42. The maximum absolute atomic E-state index is 11.9. The molecule has 0 amide bonds. The molecule has 6 heteroatoms. The molecular formula is C8H15F2NO3. The molecule has 0 bridgehead atoms. The second kappa shape index (κ2) is 6.67. The molecule has 0 rings (SSSR count). The molecule has 0 radical (unpaired) electrons. The Bertz CT molecular complexity index is 178. The fourth-order valence-corrected chi connectivity index (χ4v) is 0.889. The molecule has 0 saturated heterocycles. The van der Waals surface area contributed by atoms with Crippen molar-refractivity contribution < 1.29 is 23.4 Å². The van der Waals surface area contributed by atoms with E-state index in [0.29, 0.717) is 6.42 Å². The average molecular weight is 211 g/mol. The third-order valence-electron chi connectivity index (χ3n) is 1.76. The Labute approximate surface area is 81.2 Å². The van der Waals surface area contributed by atoms with Crippen LogP contribution in [0.1, 0.15) is 13.3 Å². The first-order valence-electron chi connectivity index (χ1n) is 4.30. The van der Waals surface area contributed by atoms with E-state index < -0.39 is 24.5 Å². The molecule has 0 aliphatic heterocycles. The van der Waals surface area contributed by atoms with Crippen LogP contribution in [0, 0.1) is 0 Å². The second-order valence-corrected chi connectivity index (χ2v) is 2.79. The summed E-state index contributed by atoms with van der Waals surface area (Å²) in [6.45, 7) is 1.38. The van der Waals surface area contributed by atoms with Gasteiger partial charge in [-0.25, -0.2) is 8.78 Å². The van der Waals surface area contributed by atoms with Crippen molar-refractivity contribution in [3.63, 3.8) is 0 Å². The minimum atomic E-state index is -2.81. The number of aliphatic hydroxyl groups excluding tert-OH is 1. The first-order chi connectivity index (χ1) is 6.52. The zero-order valence-electron chi connectivity index (χ0n) is 8.17. The van der Waals surface area contributed by atoms with Crippen molar-refractivity contribution in [2.24, 2.45) is 0 Å². The van der Waals surface area contributed by atoms with Crippen LogP contribution in [0.25, 0.3) is 0 Å². The monoisotopic (exact) mass is 211 g/mol. The molecule has 2 atom stereocenters. The molecule has 0 aliphatic carbocycles. The number of carbonyl (C=O) groups excluding carboxylic acids is 1. The van der Waals surface area contributed by atoms with Gasteiger partial charge in [-0.3, -0.25) is 4.79 Å². The largest absolute Gasteiger partial charge is 0.468 e. The highest BCUT2D eigenvalue weighted by molar-refractivity contribution is 5.75. The highest BCUT2D eigenvalue weighted by Crippen LogP contribution is 2.00. The molecule has 0 aromatic carbocycles. The Kier molecular flexibility index (Phi) is 6.31. The number of carbonyl (C=O) groups is 1. The van der Waals surface area contributed by atoms with Gasteiger partial charge in [0.1, 0.15) is 12.1 Å². The summed E-state index contributed by atoms with van der Waals surface area (Å²) in [4.78, 5) is 11.0. The molecule has 0 aliphatic rings. The van der Waals surface area contributed by atoms with E-state index in [-0.39, 0.29) is 6.54 Å². The van der Waals surface area contributed by atoms with Crippen molar-refractivity contribution in [3.8, 4) is 0 Å². The van der Waals surface area contributed by atoms with E-state index >= 15 is 0 Å². The van der Waals surface area contributed by atoms with Crippen LogP contribution in [-0.4, -0.2) is 43.3 Å². The number of hydrogen-bond acceptors (Lipinski definition) is 4. The van der Waals surface area contributed by atoms with E-state index in [1.807, 2.05) is 0 Å². The summed E-state index contributed by atoms with van der Waals surface area (Å²) in [6, 6.07) is -0.645. The van der Waals surface area contributed by atoms with Crippen LogP contribution in [0.15, 0.2) is 0 Å². The van der Waals surface area contributed by atoms with Gasteiger partial charge >= 0.3 is 5.97 Å². The van der Waals surface area contributed by atoms with E-state index in [1.54, 1.807) is 6.92 Å². The van der Waals surface area contributed by atoms with Gasteiger partial charge in [-0.15, -0.1) is 0 Å². The molecule has 0 heterocycles. The maximum Gasteiger partial charge on any atom is 0.322 e. The predicted molar refractivity (Wildman–Crippen MR) is 46.1 cm³/mol. The Morgan fingerprint density at radius 2 is 2.14 bits per heavy atom. The topological polar surface area (TPSA) is 58.6 Å². The van der Waals surface area contributed by atoms with E-state index in [0.717, 1.165) is 0 Å². The molecule has 2 N–H and O–H groups in total.